The van der Waals surface area contributed by atoms with Crippen molar-refractivity contribution in [2.75, 3.05) is 26.2 Å². The fraction of sp³-hybridized carbons (Fsp3) is 1.00. The molecule has 0 bridgehead atoms. The Morgan fingerprint density at radius 3 is 2.78 bits per heavy atom. The van der Waals surface area contributed by atoms with Gasteiger partial charge >= 0.3 is 0 Å². The van der Waals surface area contributed by atoms with Crippen LogP contribution in [-0.2, 0) is 0 Å². The molecule has 3 unspecified atom stereocenters. The van der Waals surface area contributed by atoms with Crippen LogP contribution in [0.25, 0.3) is 0 Å². The molecule has 0 spiro atoms. The molecule has 0 aromatic heterocycles. The van der Waals surface area contributed by atoms with Gasteiger partial charge < -0.3 is 10.2 Å². The quantitative estimate of drug-likeness (QED) is 0.829. The van der Waals surface area contributed by atoms with Crippen LogP contribution in [0.2, 0.25) is 0 Å². The Morgan fingerprint density at radius 1 is 1.11 bits per heavy atom. The third-order valence-corrected chi connectivity index (χ3v) is 4.93. The summed E-state index contributed by atoms with van der Waals surface area (Å²) in [6.45, 7) is 9.98. The van der Waals surface area contributed by atoms with Gasteiger partial charge in [0.05, 0.1) is 0 Å². The Morgan fingerprint density at radius 2 is 2.00 bits per heavy atom. The van der Waals surface area contributed by atoms with E-state index in [1.165, 1.54) is 71.1 Å². The van der Waals surface area contributed by atoms with E-state index < -0.39 is 0 Å². The maximum absolute atomic E-state index is 3.68. The molecule has 1 aliphatic heterocycles. The van der Waals surface area contributed by atoms with Gasteiger partial charge in [-0.3, -0.25) is 0 Å². The van der Waals surface area contributed by atoms with Crippen LogP contribution in [0.4, 0.5) is 0 Å². The molecule has 2 heteroatoms. The first-order valence-corrected chi connectivity index (χ1v) is 8.23. The molecule has 1 N–H and O–H groups in total. The van der Waals surface area contributed by atoms with Crippen molar-refractivity contribution < 1.29 is 0 Å². The molecule has 0 aromatic rings. The predicted octanol–water partition coefficient (Wildman–Crippen LogP) is 3.28. The maximum atomic E-state index is 3.68. The Bertz CT molecular complexity index is 229. The van der Waals surface area contributed by atoms with E-state index in [4.69, 9.17) is 0 Å². The van der Waals surface area contributed by atoms with Gasteiger partial charge in [-0.05, 0) is 63.6 Å². The minimum Gasteiger partial charge on any atom is -0.314 e. The summed E-state index contributed by atoms with van der Waals surface area (Å²) in [7, 11) is 0. The molecule has 0 radical (unpaired) electrons. The van der Waals surface area contributed by atoms with Crippen molar-refractivity contribution in [3.05, 3.63) is 0 Å². The average molecular weight is 252 g/mol. The average Bonchev–Trinajstić information content (AvgIpc) is 2.33. The number of hydrogen-bond donors (Lipinski definition) is 1. The lowest BCUT2D eigenvalue weighted by Crippen LogP contribution is -2.41. The number of hydrogen-bond acceptors (Lipinski definition) is 2. The molecule has 0 amide bonds. The highest BCUT2D eigenvalue weighted by molar-refractivity contribution is 4.77. The largest absolute Gasteiger partial charge is 0.314 e. The fourth-order valence-electron chi connectivity index (χ4n) is 3.78. The molecule has 1 saturated heterocycles. The number of rotatable bonds is 3. The normalized spacial score (nSPS) is 36.0. The summed E-state index contributed by atoms with van der Waals surface area (Å²) in [5.41, 5.74) is 0. The third-order valence-electron chi connectivity index (χ3n) is 4.93. The van der Waals surface area contributed by atoms with E-state index in [0.717, 1.165) is 17.9 Å². The second-order valence-corrected chi connectivity index (χ2v) is 6.64. The molecule has 1 saturated carbocycles. The minimum atomic E-state index is 0.762. The van der Waals surface area contributed by atoms with Crippen molar-refractivity contribution >= 4 is 0 Å². The zero-order valence-corrected chi connectivity index (χ0v) is 12.5. The molecule has 106 valence electrons. The van der Waals surface area contributed by atoms with E-state index in [1.54, 1.807) is 0 Å². The van der Waals surface area contributed by atoms with Gasteiger partial charge in [-0.15, -0.1) is 0 Å². The van der Waals surface area contributed by atoms with Crippen LogP contribution in [0.1, 0.15) is 58.8 Å². The summed E-state index contributed by atoms with van der Waals surface area (Å²) in [6.07, 6.45) is 9.87. The molecule has 0 aromatic carbocycles. The summed E-state index contributed by atoms with van der Waals surface area (Å²) in [6, 6.07) is 0.762. The SMILES string of the molecule is CCC1CCN(CC2CCCC(C)C2)CCCN1. The van der Waals surface area contributed by atoms with E-state index >= 15 is 0 Å². The van der Waals surface area contributed by atoms with E-state index in [9.17, 15) is 0 Å². The van der Waals surface area contributed by atoms with Gasteiger partial charge in [0.1, 0.15) is 0 Å². The van der Waals surface area contributed by atoms with Crippen molar-refractivity contribution in [2.45, 2.75) is 64.8 Å². The monoisotopic (exact) mass is 252 g/mol. The Balaban J connectivity index is 1.76. The Labute approximate surface area is 114 Å². The number of nitrogens with one attached hydrogen (secondary N) is 1. The van der Waals surface area contributed by atoms with Crippen LogP contribution >= 0.6 is 0 Å². The smallest absolute Gasteiger partial charge is 0.00766 e. The first kappa shape index (κ1) is 14.3. The topological polar surface area (TPSA) is 15.3 Å². The summed E-state index contributed by atoms with van der Waals surface area (Å²) in [4.78, 5) is 2.76. The molecule has 2 rings (SSSR count). The van der Waals surface area contributed by atoms with Gasteiger partial charge in [0.25, 0.3) is 0 Å². The zero-order valence-electron chi connectivity index (χ0n) is 12.5. The Kier molecular flexibility index (Phi) is 5.97. The van der Waals surface area contributed by atoms with Crippen molar-refractivity contribution in [1.29, 1.82) is 0 Å². The first-order chi connectivity index (χ1) is 8.78. The first-order valence-electron chi connectivity index (χ1n) is 8.23. The van der Waals surface area contributed by atoms with Gasteiger partial charge in [-0.1, -0.05) is 26.7 Å². The Hall–Kier alpha value is -0.0800. The summed E-state index contributed by atoms with van der Waals surface area (Å²) >= 11 is 0. The van der Waals surface area contributed by atoms with Gasteiger partial charge in [0.2, 0.25) is 0 Å². The molecule has 18 heavy (non-hydrogen) atoms. The summed E-state index contributed by atoms with van der Waals surface area (Å²) in [5, 5.41) is 3.68. The van der Waals surface area contributed by atoms with E-state index in [0.29, 0.717) is 0 Å². The zero-order chi connectivity index (χ0) is 12.8. The van der Waals surface area contributed by atoms with Crippen LogP contribution < -0.4 is 5.32 Å². The molecular weight excluding hydrogens is 220 g/mol. The van der Waals surface area contributed by atoms with Crippen LogP contribution in [0.15, 0.2) is 0 Å². The molecule has 2 nitrogen and oxygen atoms in total. The second kappa shape index (κ2) is 7.49. The van der Waals surface area contributed by atoms with Crippen molar-refractivity contribution in [3.63, 3.8) is 0 Å². The molecule has 3 atom stereocenters. The highest BCUT2D eigenvalue weighted by Crippen LogP contribution is 2.29. The maximum Gasteiger partial charge on any atom is 0.00766 e. The second-order valence-electron chi connectivity index (χ2n) is 6.64. The molecule has 2 aliphatic rings. The van der Waals surface area contributed by atoms with Crippen LogP contribution in [0.3, 0.4) is 0 Å². The lowest BCUT2D eigenvalue weighted by Gasteiger charge is -2.34. The van der Waals surface area contributed by atoms with Crippen LogP contribution in [0, 0.1) is 11.8 Å². The number of nitrogens with zero attached hydrogens (tertiary/aromatic N) is 1. The molecular formula is C16H32N2. The fourth-order valence-corrected chi connectivity index (χ4v) is 3.78. The van der Waals surface area contributed by atoms with Gasteiger partial charge in [-0.25, -0.2) is 0 Å². The van der Waals surface area contributed by atoms with Crippen LogP contribution in [-0.4, -0.2) is 37.1 Å². The summed E-state index contributed by atoms with van der Waals surface area (Å²) < 4.78 is 0. The van der Waals surface area contributed by atoms with E-state index in [-0.39, 0.29) is 0 Å². The minimum absolute atomic E-state index is 0.762. The van der Waals surface area contributed by atoms with Gasteiger partial charge in [0, 0.05) is 12.6 Å². The summed E-state index contributed by atoms with van der Waals surface area (Å²) in [5.74, 6) is 1.96. The van der Waals surface area contributed by atoms with Crippen molar-refractivity contribution in [1.82, 2.24) is 10.2 Å². The van der Waals surface area contributed by atoms with Gasteiger partial charge in [-0.2, -0.15) is 0 Å². The highest BCUT2D eigenvalue weighted by Gasteiger charge is 2.22. The lowest BCUT2D eigenvalue weighted by atomic mass is 9.82. The third kappa shape index (κ3) is 4.55. The lowest BCUT2D eigenvalue weighted by molar-refractivity contribution is 0.163. The molecule has 1 aliphatic carbocycles. The highest BCUT2D eigenvalue weighted by atomic mass is 15.1. The van der Waals surface area contributed by atoms with Crippen LogP contribution in [0.5, 0.6) is 0 Å². The molecule has 1 heterocycles. The molecule has 2 fully saturated rings. The van der Waals surface area contributed by atoms with Crippen molar-refractivity contribution in [2.24, 2.45) is 11.8 Å². The van der Waals surface area contributed by atoms with Crippen molar-refractivity contribution in [3.8, 4) is 0 Å². The standard InChI is InChI=1S/C16H32N2/c1-3-16-8-11-18(10-5-9-17-16)13-15-7-4-6-14(2)12-15/h14-17H,3-13H2,1-2H3. The van der Waals surface area contributed by atoms with Gasteiger partial charge in [0.15, 0.2) is 0 Å². The van der Waals surface area contributed by atoms with E-state index in [1.807, 2.05) is 0 Å². The van der Waals surface area contributed by atoms with E-state index in [2.05, 4.69) is 24.1 Å². The predicted molar refractivity (Wildman–Crippen MR) is 78.9 cm³/mol.